The van der Waals surface area contributed by atoms with Gasteiger partial charge in [0.25, 0.3) is 0 Å². The van der Waals surface area contributed by atoms with Gasteiger partial charge in [0.2, 0.25) is 0 Å². The number of benzene rings is 1. The molecular formula is C10H14O3. The summed E-state index contributed by atoms with van der Waals surface area (Å²) >= 11 is 0. The van der Waals surface area contributed by atoms with Crippen molar-refractivity contribution in [2.75, 3.05) is 6.61 Å². The number of aromatic hydroxyl groups is 1. The lowest BCUT2D eigenvalue weighted by atomic mass is 10.1. The van der Waals surface area contributed by atoms with Gasteiger partial charge in [-0.3, -0.25) is 0 Å². The molecule has 0 aliphatic rings. The third-order valence-electron chi connectivity index (χ3n) is 1.77. The van der Waals surface area contributed by atoms with Crippen molar-refractivity contribution in [3.63, 3.8) is 0 Å². The van der Waals surface area contributed by atoms with Crippen LogP contribution in [0.5, 0.6) is 11.5 Å². The van der Waals surface area contributed by atoms with Crippen molar-refractivity contribution in [3.8, 4) is 11.5 Å². The zero-order chi connectivity index (χ0) is 9.84. The van der Waals surface area contributed by atoms with Crippen LogP contribution in [-0.4, -0.2) is 16.8 Å². The third kappa shape index (κ3) is 2.36. The first-order chi connectivity index (χ1) is 6.15. The molecule has 2 N–H and O–H groups in total. The summed E-state index contributed by atoms with van der Waals surface area (Å²) in [5, 5.41) is 18.6. The molecule has 1 atom stereocenters. The predicted octanol–water partition coefficient (Wildman–Crippen LogP) is 1.84. The summed E-state index contributed by atoms with van der Waals surface area (Å²) in [5.41, 5.74) is 0.737. The molecule has 13 heavy (non-hydrogen) atoms. The average Bonchev–Trinajstić information content (AvgIpc) is 2.08. The number of phenolic OH excluding ortho intramolecular Hbond substituents is 1. The molecule has 0 aliphatic carbocycles. The van der Waals surface area contributed by atoms with Crippen molar-refractivity contribution in [1.29, 1.82) is 0 Å². The van der Waals surface area contributed by atoms with Crippen LogP contribution < -0.4 is 4.74 Å². The first kappa shape index (κ1) is 9.86. The molecule has 0 aliphatic heterocycles. The van der Waals surface area contributed by atoms with Crippen LogP contribution in [0, 0.1) is 0 Å². The van der Waals surface area contributed by atoms with E-state index in [-0.39, 0.29) is 5.75 Å². The maximum Gasteiger partial charge on any atom is 0.161 e. The lowest BCUT2D eigenvalue weighted by Crippen LogP contribution is -1.95. The molecule has 0 amide bonds. The van der Waals surface area contributed by atoms with Crippen molar-refractivity contribution < 1.29 is 14.9 Å². The van der Waals surface area contributed by atoms with Crippen LogP contribution >= 0.6 is 0 Å². The van der Waals surface area contributed by atoms with E-state index in [1.165, 1.54) is 6.07 Å². The Balaban J connectivity index is 2.97. The van der Waals surface area contributed by atoms with Crippen molar-refractivity contribution in [1.82, 2.24) is 0 Å². The van der Waals surface area contributed by atoms with Gasteiger partial charge in [-0.2, -0.15) is 0 Å². The fraction of sp³-hybridized carbons (Fsp3) is 0.400. The third-order valence-corrected chi connectivity index (χ3v) is 1.77. The van der Waals surface area contributed by atoms with E-state index in [9.17, 15) is 10.2 Å². The Morgan fingerprint density at radius 3 is 2.69 bits per heavy atom. The smallest absolute Gasteiger partial charge is 0.161 e. The van der Waals surface area contributed by atoms with Crippen LogP contribution in [-0.2, 0) is 0 Å². The normalized spacial score (nSPS) is 12.5. The average molecular weight is 182 g/mol. The molecule has 1 rings (SSSR count). The lowest BCUT2D eigenvalue weighted by Gasteiger charge is -2.09. The van der Waals surface area contributed by atoms with Crippen LogP contribution in [0.3, 0.4) is 0 Å². The van der Waals surface area contributed by atoms with E-state index in [0.29, 0.717) is 12.4 Å². The van der Waals surface area contributed by atoms with Gasteiger partial charge in [-0.1, -0.05) is 6.07 Å². The predicted molar refractivity (Wildman–Crippen MR) is 49.9 cm³/mol. The first-order valence-electron chi connectivity index (χ1n) is 4.29. The number of rotatable bonds is 3. The van der Waals surface area contributed by atoms with E-state index in [2.05, 4.69) is 0 Å². The first-order valence-corrected chi connectivity index (χ1v) is 4.29. The molecule has 0 saturated heterocycles. The second-order valence-corrected chi connectivity index (χ2v) is 2.84. The topological polar surface area (TPSA) is 49.7 Å². The van der Waals surface area contributed by atoms with Crippen molar-refractivity contribution in [3.05, 3.63) is 23.8 Å². The summed E-state index contributed by atoms with van der Waals surface area (Å²) in [7, 11) is 0. The summed E-state index contributed by atoms with van der Waals surface area (Å²) < 4.78 is 5.17. The van der Waals surface area contributed by atoms with Gasteiger partial charge in [0.15, 0.2) is 11.5 Å². The second kappa shape index (κ2) is 4.14. The summed E-state index contributed by atoms with van der Waals surface area (Å²) in [6.07, 6.45) is -0.542. The van der Waals surface area contributed by atoms with Gasteiger partial charge < -0.3 is 14.9 Å². The largest absolute Gasteiger partial charge is 0.504 e. The van der Waals surface area contributed by atoms with Crippen LogP contribution in [0.2, 0.25) is 0 Å². The molecule has 0 spiro atoms. The highest BCUT2D eigenvalue weighted by Gasteiger charge is 2.06. The minimum absolute atomic E-state index is 0.103. The minimum atomic E-state index is -0.542. The monoisotopic (exact) mass is 182 g/mol. The van der Waals surface area contributed by atoms with Gasteiger partial charge in [-0.15, -0.1) is 0 Å². The highest BCUT2D eigenvalue weighted by atomic mass is 16.5. The van der Waals surface area contributed by atoms with Crippen molar-refractivity contribution in [2.45, 2.75) is 20.0 Å². The molecule has 0 unspecified atom stereocenters. The maximum absolute atomic E-state index is 9.34. The van der Waals surface area contributed by atoms with Crippen molar-refractivity contribution >= 4 is 0 Å². The summed E-state index contributed by atoms with van der Waals surface area (Å²) in [6.45, 7) is 4.01. The van der Waals surface area contributed by atoms with Gasteiger partial charge in [-0.05, 0) is 31.5 Å². The molecular weight excluding hydrogens is 168 g/mol. The number of aliphatic hydroxyl groups is 1. The molecule has 1 aromatic carbocycles. The molecule has 0 bridgehead atoms. The van der Waals surface area contributed by atoms with Crippen LogP contribution in [0.1, 0.15) is 25.5 Å². The van der Waals surface area contributed by atoms with Crippen LogP contribution in [0.15, 0.2) is 18.2 Å². The van der Waals surface area contributed by atoms with E-state index in [1.807, 2.05) is 6.92 Å². The summed E-state index contributed by atoms with van der Waals surface area (Å²) in [4.78, 5) is 0. The number of aliphatic hydroxyl groups excluding tert-OH is 1. The van der Waals surface area contributed by atoms with Gasteiger partial charge in [0.1, 0.15) is 0 Å². The Bertz CT molecular complexity index is 281. The summed E-state index contributed by atoms with van der Waals surface area (Å²) in [5.74, 6) is 0.521. The fourth-order valence-corrected chi connectivity index (χ4v) is 1.06. The SMILES string of the molecule is CCOc1cc([C@@H](C)O)ccc1O. The second-order valence-electron chi connectivity index (χ2n) is 2.84. The number of ether oxygens (including phenoxy) is 1. The molecule has 0 aromatic heterocycles. The van der Waals surface area contributed by atoms with Crippen LogP contribution in [0.25, 0.3) is 0 Å². The Hall–Kier alpha value is -1.22. The number of hydrogen-bond acceptors (Lipinski definition) is 3. The molecule has 0 saturated carbocycles. The molecule has 0 radical (unpaired) electrons. The Labute approximate surface area is 77.6 Å². The zero-order valence-corrected chi connectivity index (χ0v) is 7.82. The molecule has 0 heterocycles. The van der Waals surface area contributed by atoms with Gasteiger partial charge >= 0.3 is 0 Å². The Kier molecular flexibility index (Phi) is 3.14. The highest BCUT2D eigenvalue weighted by Crippen LogP contribution is 2.28. The van der Waals surface area contributed by atoms with Gasteiger partial charge in [0, 0.05) is 0 Å². The number of phenols is 1. The molecule has 3 heteroatoms. The highest BCUT2D eigenvalue weighted by molar-refractivity contribution is 5.42. The summed E-state index contributed by atoms with van der Waals surface area (Å²) in [6, 6.07) is 4.83. The van der Waals surface area contributed by atoms with Gasteiger partial charge in [-0.25, -0.2) is 0 Å². The molecule has 0 fully saturated rings. The van der Waals surface area contributed by atoms with E-state index in [4.69, 9.17) is 4.74 Å². The minimum Gasteiger partial charge on any atom is -0.504 e. The molecule has 1 aromatic rings. The van der Waals surface area contributed by atoms with Crippen LogP contribution in [0.4, 0.5) is 0 Å². The van der Waals surface area contributed by atoms with Gasteiger partial charge in [0.05, 0.1) is 12.7 Å². The van der Waals surface area contributed by atoms with E-state index < -0.39 is 6.10 Å². The van der Waals surface area contributed by atoms with E-state index in [0.717, 1.165) is 5.56 Å². The van der Waals surface area contributed by atoms with E-state index >= 15 is 0 Å². The number of hydrogen-bond donors (Lipinski definition) is 2. The standard InChI is InChI=1S/C10H14O3/c1-3-13-10-6-8(7(2)11)4-5-9(10)12/h4-7,11-12H,3H2,1-2H3/t7-/m1/s1. The molecule has 72 valence electrons. The maximum atomic E-state index is 9.34. The molecule has 3 nitrogen and oxygen atoms in total. The van der Waals surface area contributed by atoms with Crippen molar-refractivity contribution in [2.24, 2.45) is 0 Å². The lowest BCUT2D eigenvalue weighted by molar-refractivity contribution is 0.198. The quantitative estimate of drug-likeness (QED) is 0.750. The Morgan fingerprint density at radius 1 is 1.46 bits per heavy atom. The van der Waals surface area contributed by atoms with E-state index in [1.54, 1.807) is 19.1 Å². The zero-order valence-electron chi connectivity index (χ0n) is 7.82. The Morgan fingerprint density at radius 2 is 2.15 bits per heavy atom. The fourth-order valence-electron chi connectivity index (χ4n) is 1.06.